The maximum absolute atomic E-state index is 10.9. The topological polar surface area (TPSA) is 69.9 Å². The highest BCUT2D eigenvalue weighted by atomic mass is 16.5. The first-order valence-corrected chi connectivity index (χ1v) is 6.25. The Hall–Kier alpha value is -1.68. The Morgan fingerprint density at radius 1 is 1.37 bits per heavy atom. The van der Waals surface area contributed by atoms with E-state index < -0.39 is 11.2 Å². The quantitative estimate of drug-likeness (QED) is 0.718. The van der Waals surface area contributed by atoms with Gasteiger partial charge in [0.25, 0.3) is 0 Å². The summed E-state index contributed by atoms with van der Waals surface area (Å²) in [6, 6.07) is 2.63. The van der Waals surface area contributed by atoms with Crippen LogP contribution < -0.4 is 4.74 Å². The standard InChI is InChI=1S/C15H20O4/c1-9(2)7-15(18)8-14(3,4)19-12-6-10(16)5-11(17)13(12)15/h5-6,16-18H,1,7-8H2,2-4H3. The molecule has 0 radical (unpaired) electrons. The number of benzene rings is 1. The van der Waals surface area contributed by atoms with Gasteiger partial charge in [0.1, 0.15) is 28.5 Å². The van der Waals surface area contributed by atoms with E-state index in [9.17, 15) is 15.3 Å². The maximum Gasteiger partial charge on any atom is 0.133 e. The number of aromatic hydroxyl groups is 2. The molecule has 0 saturated heterocycles. The summed E-state index contributed by atoms with van der Waals surface area (Å²) in [5.41, 5.74) is -0.677. The van der Waals surface area contributed by atoms with Crippen LogP contribution in [0.15, 0.2) is 24.3 Å². The lowest BCUT2D eigenvalue weighted by molar-refractivity contribution is -0.0649. The highest BCUT2D eigenvalue weighted by molar-refractivity contribution is 5.54. The molecule has 1 atom stereocenters. The second-order valence-electron chi connectivity index (χ2n) is 6.04. The summed E-state index contributed by atoms with van der Waals surface area (Å²) in [6.07, 6.45) is 0.684. The van der Waals surface area contributed by atoms with Crippen molar-refractivity contribution in [1.29, 1.82) is 0 Å². The second-order valence-corrected chi connectivity index (χ2v) is 6.04. The summed E-state index contributed by atoms with van der Waals surface area (Å²) >= 11 is 0. The van der Waals surface area contributed by atoms with Crippen molar-refractivity contribution in [3.05, 3.63) is 29.8 Å². The molecule has 1 heterocycles. The lowest BCUT2D eigenvalue weighted by atomic mass is 9.76. The van der Waals surface area contributed by atoms with Crippen molar-refractivity contribution in [1.82, 2.24) is 0 Å². The van der Waals surface area contributed by atoms with Gasteiger partial charge in [-0.05, 0) is 20.8 Å². The van der Waals surface area contributed by atoms with E-state index in [1.54, 1.807) is 0 Å². The predicted octanol–water partition coefficient (Wildman–Crippen LogP) is 2.81. The molecule has 0 amide bonds. The minimum absolute atomic E-state index is 0.0911. The first-order chi connectivity index (χ1) is 8.63. The van der Waals surface area contributed by atoms with Crippen molar-refractivity contribution in [2.75, 3.05) is 0 Å². The van der Waals surface area contributed by atoms with Gasteiger partial charge >= 0.3 is 0 Å². The van der Waals surface area contributed by atoms with Crippen LogP contribution in [0.2, 0.25) is 0 Å². The molecule has 104 valence electrons. The number of hydrogen-bond acceptors (Lipinski definition) is 4. The van der Waals surface area contributed by atoms with Gasteiger partial charge in [0.2, 0.25) is 0 Å². The molecule has 1 aromatic rings. The van der Waals surface area contributed by atoms with Gasteiger partial charge in [0.15, 0.2) is 0 Å². The zero-order valence-electron chi connectivity index (χ0n) is 11.5. The Balaban J connectivity index is 2.62. The predicted molar refractivity (Wildman–Crippen MR) is 72.4 cm³/mol. The van der Waals surface area contributed by atoms with Crippen molar-refractivity contribution >= 4 is 0 Å². The van der Waals surface area contributed by atoms with Crippen molar-refractivity contribution in [3.8, 4) is 17.2 Å². The lowest BCUT2D eigenvalue weighted by Gasteiger charge is -2.43. The number of rotatable bonds is 2. The van der Waals surface area contributed by atoms with E-state index in [0.717, 1.165) is 5.57 Å². The normalized spacial score (nSPS) is 24.4. The first-order valence-electron chi connectivity index (χ1n) is 6.25. The molecule has 0 bridgehead atoms. The van der Waals surface area contributed by atoms with Crippen LogP contribution in [0.25, 0.3) is 0 Å². The monoisotopic (exact) mass is 264 g/mol. The van der Waals surface area contributed by atoms with Crippen molar-refractivity contribution < 1.29 is 20.1 Å². The molecule has 1 unspecified atom stereocenters. The molecular formula is C15H20O4. The summed E-state index contributed by atoms with van der Waals surface area (Å²) in [4.78, 5) is 0. The lowest BCUT2D eigenvalue weighted by Crippen LogP contribution is -2.44. The molecule has 4 nitrogen and oxygen atoms in total. The Kier molecular flexibility index (Phi) is 3.01. The summed E-state index contributed by atoms with van der Waals surface area (Å²) in [7, 11) is 0. The van der Waals surface area contributed by atoms with E-state index in [4.69, 9.17) is 4.74 Å². The fourth-order valence-electron chi connectivity index (χ4n) is 2.91. The summed E-state index contributed by atoms with van der Waals surface area (Å²) in [6.45, 7) is 9.38. The zero-order chi connectivity index (χ0) is 14.4. The van der Waals surface area contributed by atoms with E-state index in [-0.39, 0.29) is 11.5 Å². The molecule has 3 N–H and O–H groups in total. The third kappa shape index (κ3) is 2.54. The number of phenols is 2. The average Bonchev–Trinajstić information content (AvgIpc) is 2.09. The van der Waals surface area contributed by atoms with Gasteiger partial charge in [0.05, 0.1) is 5.56 Å². The average molecular weight is 264 g/mol. The molecule has 19 heavy (non-hydrogen) atoms. The minimum Gasteiger partial charge on any atom is -0.508 e. The van der Waals surface area contributed by atoms with Gasteiger partial charge in [0, 0.05) is 25.0 Å². The molecular weight excluding hydrogens is 244 g/mol. The maximum atomic E-state index is 10.9. The van der Waals surface area contributed by atoms with Gasteiger partial charge in [-0.1, -0.05) is 5.57 Å². The van der Waals surface area contributed by atoms with Crippen LogP contribution in [0.1, 0.15) is 39.2 Å². The smallest absolute Gasteiger partial charge is 0.133 e. The van der Waals surface area contributed by atoms with Crippen molar-refractivity contribution in [3.63, 3.8) is 0 Å². The Bertz CT molecular complexity index is 533. The molecule has 1 aliphatic heterocycles. The van der Waals surface area contributed by atoms with Gasteiger partial charge in [-0.3, -0.25) is 0 Å². The third-order valence-corrected chi connectivity index (χ3v) is 3.23. The highest BCUT2D eigenvalue weighted by Gasteiger charge is 2.45. The van der Waals surface area contributed by atoms with Crippen LogP contribution in [0.4, 0.5) is 0 Å². The third-order valence-electron chi connectivity index (χ3n) is 3.23. The van der Waals surface area contributed by atoms with Gasteiger partial charge < -0.3 is 20.1 Å². The summed E-state index contributed by atoms with van der Waals surface area (Å²) in [5, 5.41) is 30.5. The molecule has 0 aliphatic carbocycles. The van der Waals surface area contributed by atoms with Gasteiger partial charge in [-0.25, -0.2) is 0 Å². The SMILES string of the molecule is C=C(C)CC1(O)CC(C)(C)Oc2cc(O)cc(O)c21. The number of fused-ring (bicyclic) bond motifs is 1. The number of phenolic OH excluding ortho intramolecular Hbond substituents is 2. The van der Waals surface area contributed by atoms with Crippen LogP contribution in [-0.4, -0.2) is 20.9 Å². The van der Waals surface area contributed by atoms with E-state index in [1.807, 2.05) is 20.8 Å². The Morgan fingerprint density at radius 3 is 2.58 bits per heavy atom. The molecule has 4 heteroatoms. The zero-order valence-corrected chi connectivity index (χ0v) is 11.5. The van der Waals surface area contributed by atoms with Crippen molar-refractivity contribution in [2.24, 2.45) is 0 Å². The fraction of sp³-hybridized carbons (Fsp3) is 0.467. The van der Waals surface area contributed by atoms with Crippen LogP contribution in [0.5, 0.6) is 17.2 Å². The fourth-order valence-corrected chi connectivity index (χ4v) is 2.91. The van der Waals surface area contributed by atoms with E-state index in [2.05, 4.69) is 6.58 Å². The molecule has 1 aromatic carbocycles. The van der Waals surface area contributed by atoms with Gasteiger partial charge in [-0.15, -0.1) is 6.58 Å². The summed E-state index contributed by atoms with van der Waals surface area (Å²) < 4.78 is 5.75. The van der Waals surface area contributed by atoms with E-state index in [0.29, 0.717) is 24.2 Å². The highest BCUT2D eigenvalue weighted by Crippen LogP contribution is 2.51. The van der Waals surface area contributed by atoms with Crippen LogP contribution in [0.3, 0.4) is 0 Å². The van der Waals surface area contributed by atoms with Crippen molar-refractivity contribution in [2.45, 2.75) is 44.8 Å². The molecule has 0 spiro atoms. The number of hydrogen-bond donors (Lipinski definition) is 3. The second kappa shape index (κ2) is 4.17. The Morgan fingerprint density at radius 2 is 2.00 bits per heavy atom. The van der Waals surface area contributed by atoms with Crippen LogP contribution in [0, 0.1) is 0 Å². The Labute approximate surface area is 113 Å². The first kappa shape index (κ1) is 13.7. The number of ether oxygens (including phenoxy) is 1. The van der Waals surface area contributed by atoms with Crippen LogP contribution >= 0.6 is 0 Å². The number of aliphatic hydroxyl groups is 1. The van der Waals surface area contributed by atoms with Crippen LogP contribution in [-0.2, 0) is 5.60 Å². The largest absolute Gasteiger partial charge is 0.508 e. The summed E-state index contributed by atoms with van der Waals surface area (Å²) in [5.74, 6) is 0.0679. The molecule has 0 fully saturated rings. The van der Waals surface area contributed by atoms with E-state index in [1.165, 1.54) is 12.1 Å². The van der Waals surface area contributed by atoms with E-state index >= 15 is 0 Å². The molecule has 2 rings (SSSR count). The minimum atomic E-state index is -1.24. The molecule has 0 saturated carbocycles. The van der Waals surface area contributed by atoms with Gasteiger partial charge in [-0.2, -0.15) is 0 Å². The molecule has 1 aliphatic rings. The molecule has 0 aromatic heterocycles.